The van der Waals surface area contributed by atoms with Gasteiger partial charge in [-0.25, -0.2) is 0 Å². The molecule has 0 radical (unpaired) electrons. The summed E-state index contributed by atoms with van der Waals surface area (Å²) in [5.74, 6) is -0.559. The van der Waals surface area contributed by atoms with Crippen LogP contribution >= 0.6 is 0 Å². The zero-order valence-corrected chi connectivity index (χ0v) is 18.7. The second kappa shape index (κ2) is 20.7. The molecule has 4 nitrogen and oxygen atoms in total. The van der Waals surface area contributed by atoms with E-state index < -0.39 is 5.97 Å². The van der Waals surface area contributed by atoms with E-state index in [0.29, 0.717) is 13.0 Å². The van der Waals surface area contributed by atoms with Crippen LogP contribution in [0.15, 0.2) is 0 Å². The summed E-state index contributed by atoms with van der Waals surface area (Å²) in [4.78, 5) is 22.4. The average molecular weight is 399 g/mol. The van der Waals surface area contributed by atoms with Crippen molar-refractivity contribution < 1.29 is 19.4 Å². The highest BCUT2D eigenvalue weighted by Crippen LogP contribution is 2.15. The van der Waals surface area contributed by atoms with Gasteiger partial charge in [-0.05, 0) is 25.7 Å². The monoisotopic (exact) mass is 398 g/mol. The summed E-state index contributed by atoms with van der Waals surface area (Å²) in [6.45, 7) is 4.82. The second-order valence-corrected chi connectivity index (χ2v) is 8.15. The fraction of sp³-hybridized carbons (Fsp3) is 0.917. The van der Waals surface area contributed by atoms with Gasteiger partial charge < -0.3 is 9.84 Å². The number of esters is 1. The summed E-state index contributed by atoms with van der Waals surface area (Å²) in [6, 6.07) is 0. The van der Waals surface area contributed by atoms with E-state index in [1.54, 1.807) is 0 Å². The molecule has 0 saturated heterocycles. The van der Waals surface area contributed by atoms with Gasteiger partial charge in [-0.15, -0.1) is 0 Å². The standard InChI is InChI=1S/C24H46O4/c1-3-5-19-22(4-2)24(27)28-21-18-16-14-12-10-8-6-7-9-11-13-15-17-20-23(25)26/h22H,3-21H2,1-2H3,(H,25,26). The van der Waals surface area contributed by atoms with Crippen molar-refractivity contribution in [2.45, 2.75) is 129 Å². The van der Waals surface area contributed by atoms with Crippen molar-refractivity contribution in [3.63, 3.8) is 0 Å². The van der Waals surface area contributed by atoms with Crippen LogP contribution in [0.3, 0.4) is 0 Å². The van der Waals surface area contributed by atoms with E-state index >= 15 is 0 Å². The van der Waals surface area contributed by atoms with Gasteiger partial charge in [0.05, 0.1) is 12.5 Å². The van der Waals surface area contributed by atoms with Crippen molar-refractivity contribution in [1.29, 1.82) is 0 Å². The zero-order chi connectivity index (χ0) is 20.9. The average Bonchev–Trinajstić information content (AvgIpc) is 2.68. The van der Waals surface area contributed by atoms with Gasteiger partial charge in [0, 0.05) is 6.42 Å². The number of carbonyl (C=O) groups excluding carboxylic acids is 1. The van der Waals surface area contributed by atoms with Crippen LogP contribution in [0.25, 0.3) is 0 Å². The Hall–Kier alpha value is -1.06. The molecule has 0 aromatic carbocycles. The van der Waals surface area contributed by atoms with E-state index in [1.165, 1.54) is 57.8 Å². The quantitative estimate of drug-likeness (QED) is 0.163. The van der Waals surface area contributed by atoms with Gasteiger partial charge in [0.25, 0.3) is 0 Å². The van der Waals surface area contributed by atoms with Crippen molar-refractivity contribution in [1.82, 2.24) is 0 Å². The van der Waals surface area contributed by atoms with Gasteiger partial charge in [0.1, 0.15) is 0 Å². The van der Waals surface area contributed by atoms with Gasteiger partial charge in [-0.1, -0.05) is 97.3 Å². The molecule has 0 saturated carbocycles. The Kier molecular flexibility index (Phi) is 19.9. The molecule has 0 fully saturated rings. The van der Waals surface area contributed by atoms with Crippen LogP contribution in [0.2, 0.25) is 0 Å². The third-order valence-corrected chi connectivity index (χ3v) is 5.51. The first-order valence-electron chi connectivity index (χ1n) is 12.0. The molecule has 0 aromatic rings. The number of hydrogen-bond donors (Lipinski definition) is 1. The Balaban J connectivity index is 3.27. The molecule has 0 rings (SSSR count). The molecule has 0 aliphatic heterocycles. The molecule has 0 aliphatic rings. The minimum atomic E-state index is -0.673. The van der Waals surface area contributed by atoms with Crippen LogP contribution < -0.4 is 0 Å². The maximum Gasteiger partial charge on any atom is 0.308 e. The van der Waals surface area contributed by atoms with Crippen LogP contribution in [0.5, 0.6) is 0 Å². The Morgan fingerprint density at radius 1 is 0.714 bits per heavy atom. The third-order valence-electron chi connectivity index (χ3n) is 5.51. The Labute approximate surface area is 173 Å². The molecule has 1 N–H and O–H groups in total. The molecule has 166 valence electrons. The van der Waals surface area contributed by atoms with Crippen LogP contribution in [-0.4, -0.2) is 23.7 Å². The van der Waals surface area contributed by atoms with E-state index in [2.05, 4.69) is 13.8 Å². The summed E-state index contributed by atoms with van der Waals surface area (Å²) >= 11 is 0. The highest BCUT2D eigenvalue weighted by Gasteiger charge is 2.16. The van der Waals surface area contributed by atoms with Gasteiger partial charge in [0.15, 0.2) is 0 Å². The Morgan fingerprint density at radius 2 is 1.18 bits per heavy atom. The molecule has 0 aliphatic carbocycles. The molecule has 0 spiro atoms. The number of carbonyl (C=O) groups is 2. The molecule has 28 heavy (non-hydrogen) atoms. The topological polar surface area (TPSA) is 63.6 Å². The maximum atomic E-state index is 12.0. The van der Waals surface area contributed by atoms with Gasteiger partial charge in [-0.2, -0.15) is 0 Å². The lowest BCUT2D eigenvalue weighted by Gasteiger charge is -2.13. The molecule has 0 aromatic heterocycles. The number of unbranched alkanes of at least 4 members (excludes halogenated alkanes) is 13. The van der Waals surface area contributed by atoms with Crippen molar-refractivity contribution in [2.24, 2.45) is 5.92 Å². The van der Waals surface area contributed by atoms with E-state index in [-0.39, 0.29) is 11.9 Å². The first-order chi connectivity index (χ1) is 13.6. The predicted molar refractivity (Wildman–Crippen MR) is 117 cm³/mol. The van der Waals surface area contributed by atoms with Crippen molar-refractivity contribution >= 4 is 11.9 Å². The lowest BCUT2D eigenvalue weighted by molar-refractivity contribution is -0.149. The molecule has 0 bridgehead atoms. The van der Waals surface area contributed by atoms with Crippen molar-refractivity contribution in [3.8, 4) is 0 Å². The number of carboxylic acids is 1. The SMILES string of the molecule is CCCCC(CC)C(=O)OCCCCCCCCCCCCCCCC(=O)O. The summed E-state index contributed by atoms with van der Waals surface area (Å²) in [5, 5.41) is 8.57. The molecule has 1 unspecified atom stereocenters. The van der Waals surface area contributed by atoms with Gasteiger partial charge >= 0.3 is 11.9 Å². The molecule has 1 atom stereocenters. The number of hydrogen-bond acceptors (Lipinski definition) is 3. The Bertz CT molecular complexity index is 368. The minimum absolute atomic E-state index is 0.0119. The number of aliphatic carboxylic acids is 1. The van der Waals surface area contributed by atoms with Crippen LogP contribution in [0, 0.1) is 5.92 Å². The first kappa shape index (κ1) is 26.9. The third kappa shape index (κ3) is 18.3. The van der Waals surface area contributed by atoms with Gasteiger partial charge in [0.2, 0.25) is 0 Å². The maximum absolute atomic E-state index is 12.0. The summed E-state index contributed by atoms with van der Waals surface area (Å²) in [7, 11) is 0. The summed E-state index contributed by atoms with van der Waals surface area (Å²) in [5.41, 5.74) is 0. The van der Waals surface area contributed by atoms with Crippen molar-refractivity contribution in [2.75, 3.05) is 6.61 Å². The lowest BCUT2D eigenvalue weighted by atomic mass is 10.00. The Morgan fingerprint density at radius 3 is 1.61 bits per heavy atom. The molecular weight excluding hydrogens is 352 g/mol. The highest BCUT2D eigenvalue weighted by atomic mass is 16.5. The molecule has 0 amide bonds. The van der Waals surface area contributed by atoms with Crippen LogP contribution in [0.1, 0.15) is 129 Å². The molecule has 4 heteroatoms. The summed E-state index contributed by atoms with van der Waals surface area (Å²) < 4.78 is 5.44. The molecule has 0 heterocycles. The lowest BCUT2D eigenvalue weighted by Crippen LogP contribution is -2.17. The fourth-order valence-corrected chi connectivity index (χ4v) is 3.55. The van der Waals surface area contributed by atoms with Crippen LogP contribution in [-0.2, 0) is 14.3 Å². The van der Waals surface area contributed by atoms with Crippen molar-refractivity contribution in [3.05, 3.63) is 0 Å². The first-order valence-corrected chi connectivity index (χ1v) is 12.0. The van der Waals surface area contributed by atoms with E-state index in [9.17, 15) is 9.59 Å². The van der Waals surface area contributed by atoms with E-state index in [0.717, 1.165) is 51.4 Å². The smallest absolute Gasteiger partial charge is 0.308 e. The fourth-order valence-electron chi connectivity index (χ4n) is 3.55. The van der Waals surface area contributed by atoms with Gasteiger partial charge in [-0.3, -0.25) is 9.59 Å². The normalized spacial score (nSPS) is 12.1. The summed E-state index contributed by atoms with van der Waals surface area (Å²) in [6.07, 6.45) is 20.0. The predicted octanol–water partition coefficient (Wildman–Crippen LogP) is 7.29. The molecular formula is C24H46O4. The second-order valence-electron chi connectivity index (χ2n) is 8.15. The number of carboxylic acid groups (broad SMARTS) is 1. The van der Waals surface area contributed by atoms with Crippen LogP contribution in [0.4, 0.5) is 0 Å². The number of rotatable bonds is 21. The van der Waals surface area contributed by atoms with E-state index in [1.807, 2.05) is 0 Å². The van der Waals surface area contributed by atoms with E-state index in [4.69, 9.17) is 9.84 Å². The minimum Gasteiger partial charge on any atom is -0.481 e. The zero-order valence-electron chi connectivity index (χ0n) is 18.7. The largest absolute Gasteiger partial charge is 0.481 e. The number of ether oxygens (including phenoxy) is 1. The highest BCUT2D eigenvalue weighted by molar-refractivity contribution is 5.72.